The van der Waals surface area contributed by atoms with E-state index in [1.54, 1.807) is 0 Å². The van der Waals surface area contributed by atoms with Gasteiger partial charge in [-0.3, -0.25) is 18.5 Å². The number of nitrogens with zero attached hydrogens (tertiary/aromatic N) is 2. The molecule has 0 amide bonds. The van der Waals surface area contributed by atoms with Crippen LogP contribution in [0.25, 0.3) is 0 Å². The summed E-state index contributed by atoms with van der Waals surface area (Å²) < 4.78 is 22.6. The lowest BCUT2D eigenvalue weighted by atomic mass is 9.84. The van der Waals surface area contributed by atoms with E-state index in [2.05, 4.69) is 4.52 Å². The maximum Gasteiger partial charge on any atom is 0.469 e. The van der Waals surface area contributed by atoms with E-state index in [0.717, 1.165) is 27.0 Å². The first-order valence-corrected chi connectivity index (χ1v) is 11.0. The van der Waals surface area contributed by atoms with Crippen LogP contribution >= 0.6 is 7.82 Å². The van der Waals surface area contributed by atoms with Crippen LogP contribution in [0.2, 0.25) is 0 Å². The molecule has 1 saturated heterocycles. The molecule has 2 aromatic rings. The number of aromatic nitrogens is 2. The van der Waals surface area contributed by atoms with Crippen LogP contribution in [-0.2, 0) is 25.8 Å². The summed E-state index contributed by atoms with van der Waals surface area (Å²) in [6.45, 7) is 3.11. The summed E-state index contributed by atoms with van der Waals surface area (Å²) in [7, 11) is -4.82. The van der Waals surface area contributed by atoms with Crippen molar-refractivity contribution in [2.75, 3.05) is 6.61 Å². The van der Waals surface area contributed by atoms with Crippen LogP contribution in [0.3, 0.4) is 0 Å². The fraction of sp³-hybridized carbons (Fsp3) is 0.474. The first-order valence-electron chi connectivity index (χ1n) is 9.50. The molecule has 0 spiro atoms. The highest BCUT2D eigenvalue weighted by molar-refractivity contribution is 7.46. The molecule has 31 heavy (non-hydrogen) atoms. The van der Waals surface area contributed by atoms with Crippen molar-refractivity contribution in [3.05, 3.63) is 69.0 Å². The fourth-order valence-corrected chi connectivity index (χ4v) is 3.85. The molecule has 1 fully saturated rings. The molecular formula is C19H25N2O9P. The van der Waals surface area contributed by atoms with Gasteiger partial charge in [0.25, 0.3) is 5.56 Å². The van der Waals surface area contributed by atoms with E-state index in [1.807, 2.05) is 44.2 Å². The zero-order valence-corrected chi connectivity index (χ0v) is 17.8. The van der Waals surface area contributed by atoms with Crippen LogP contribution in [0.4, 0.5) is 0 Å². The van der Waals surface area contributed by atoms with E-state index >= 15 is 0 Å². The maximum atomic E-state index is 13.1. The minimum absolute atomic E-state index is 0.0473. The van der Waals surface area contributed by atoms with Crippen molar-refractivity contribution in [2.45, 2.75) is 50.3 Å². The first-order chi connectivity index (χ1) is 14.4. The van der Waals surface area contributed by atoms with Crippen LogP contribution in [-0.4, -0.2) is 54.1 Å². The molecule has 4 atom stereocenters. The van der Waals surface area contributed by atoms with Gasteiger partial charge < -0.3 is 24.7 Å². The molecule has 1 aromatic carbocycles. The number of hydrogen-bond donors (Lipinski definition) is 4. The summed E-state index contributed by atoms with van der Waals surface area (Å²) in [5.74, 6) is 0. The van der Waals surface area contributed by atoms with Gasteiger partial charge in [-0.1, -0.05) is 44.2 Å². The number of hydrogen-bond acceptors (Lipinski definition) is 7. The van der Waals surface area contributed by atoms with Gasteiger partial charge in [-0.05, 0) is 5.56 Å². The lowest BCUT2D eigenvalue weighted by Gasteiger charge is -2.27. The summed E-state index contributed by atoms with van der Waals surface area (Å²) in [4.78, 5) is 43.1. The lowest BCUT2D eigenvalue weighted by Crippen LogP contribution is -2.45. The van der Waals surface area contributed by atoms with Gasteiger partial charge >= 0.3 is 13.5 Å². The van der Waals surface area contributed by atoms with E-state index in [0.29, 0.717) is 0 Å². The Morgan fingerprint density at radius 3 is 2.35 bits per heavy atom. The third kappa shape index (κ3) is 5.21. The molecule has 170 valence electrons. The minimum Gasteiger partial charge on any atom is -0.387 e. The highest BCUT2D eigenvalue weighted by Gasteiger charge is 2.45. The molecular weight excluding hydrogens is 431 g/mol. The van der Waals surface area contributed by atoms with Gasteiger partial charge in [-0.2, -0.15) is 0 Å². The maximum absolute atomic E-state index is 13.1. The molecule has 11 nitrogen and oxygen atoms in total. The van der Waals surface area contributed by atoms with Crippen LogP contribution in [0.15, 0.2) is 52.2 Å². The van der Waals surface area contributed by atoms with Gasteiger partial charge in [0.15, 0.2) is 6.23 Å². The van der Waals surface area contributed by atoms with Crippen LogP contribution in [0.1, 0.15) is 25.6 Å². The van der Waals surface area contributed by atoms with Crippen molar-refractivity contribution in [3.8, 4) is 0 Å². The van der Waals surface area contributed by atoms with Gasteiger partial charge in [0, 0.05) is 24.2 Å². The number of aliphatic hydroxyl groups excluding tert-OH is 2. The fourth-order valence-electron chi connectivity index (χ4n) is 3.51. The zero-order valence-electron chi connectivity index (χ0n) is 16.9. The Morgan fingerprint density at radius 1 is 1.10 bits per heavy atom. The largest absolute Gasteiger partial charge is 0.469 e. The third-order valence-electron chi connectivity index (χ3n) is 5.22. The Bertz CT molecular complexity index is 1080. The van der Waals surface area contributed by atoms with E-state index in [1.165, 1.54) is 0 Å². The first kappa shape index (κ1) is 23.6. The van der Waals surface area contributed by atoms with Gasteiger partial charge in [0.2, 0.25) is 0 Å². The van der Waals surface area contributed by atoms with Crippen molar-refractivity contribution < 1.29 is 33.8 Å². The summed E-state index contributed by atoms with van der Waals surface area (Å²) >= 11 is 0. The molecule has 0 bridgehead atoms. The topological polar surface area (TPSA) is 160 Å². The summed E-state index contributed by atoms with van der Waals surface area (Å²) in [6, 6.07) is 10.5. The van der Waals surface area contributed by atoms with Crippen molar-refractivity contribution in [1.82, 2.24) is 9.13 Å². The number of ether oxygens (including phenoxy) is 1. The molecule has 2 heterocycles. The van der Waals surface area contributed by atoms with Gasteiger partial charge in [-0.15, -0.1) is 0 Å². The molecule has 4 N–H and O–H groups in total. The molecule has 1 aliphatic heterocycles. The SMILES string of the molecule is CC(C)(Cn1c(=O)ccn([C@@H]2O[C@H](COP(=O)(O)O)[C@H](O)[C@@H]2O)c1=O)c1ccccc1. The average molecular weight is 456 g/mol. The normalized spacial score (nSPS) is 24.5. The third-order valence-corrected chi connectivity index (χ3v) is 5.71. The minimum atomic E-state index is -4.82. The molecule has 1 aliphatic rings. The standard InChI is InChI=1S/C19H25N2O9P/c1-19(2,12-6-4-3-5-7-12)11-21-14(22)8-9-20(18(21)25)17-16(24)15(23)13(30-17)10-29-31(26,27)28/h3-9,13,15-17,23-24H,10-11H2,1-2H3,(H2,26,27,28)/t13-,15+,16+,17-/m1/s1. The Hall–Kier alpha value is -2.11. The average Bonchev–Trinajstić information content (AvgIpc) is 2.98. The van der Waals surface area contributed by atoms with Crippen LogP contribution in [0.5, 0.6) is 0 Å². The van der Waals surface area contributed by atoms with Gasteiger partial charge in [0.1, 0.15) is 18.3 Å². The predicted molar refractivity (Wildman–Crippen MR) is 108 cm³/mol. The highest BCUT2D eigenvalue weighted by atomic mass is 31.2. The summed E-state index contributed by atoms with van der Waals surface area (Å²) in [5, 5.41) is 20.5. The smallest absolute Gasteiger partial charge is 0.387 e. The van der Waals surface area contributed by atoms with Gasteiger partial charge in [0.05, 0.1) is 6.61 Å². The van der Waals surface area contributed by atoms with Crippen molar-refractivity contribution in [1.29, 1.82) is 0 Å². The molecule has 0 aliphatic carbocycles. The summed E-state index contributed by atoms with van der Waals surface area (Å²) in [5.41, 5.74) is -0.958. The molecule has 3 rings (SSSR count). The monoisotopic (exact) mass is 456 g/mol. The van der Waals surface area contributed by atoms with Crippen LogP contribution < -0.4 is 11.2 Å². The van der Waals surface area contributed by atoms with E-state index in [9.17, 15) is 24.4 Å². The lowest BCUT2D eigenvalue weighted by molar-refractivity contribution is -0.0549. The second kappa shape index (κ2) is 8.79. The van der Waals surface area contributed by atoms with Crippen molar-refractivity contribution >= 4 is 7.82 Å². The van der Waals surface area contributed by atoms with E-state index in [4.69, 9.17) is 14.5 Å². The molecule has 0 radical (unpaired) electrons. The van der Waals surface area contributed by atoms with Crippen molar-refractivity contribution in [3.63, 3.8) is 0 Å². The second-order valence-corrected chi connectivity index (χ2v) is 9.25. The number of aliphatic hydroxyl groups is 2. The molecule has 0 saturated carbocycles. The highest BCUT2D eigenvalue weighted by Crippen LogP contribution is 2.38. The number of phosphoric ester groups is 1. The van der Waals surface area contributed by atoms with Crippen LogP contribution in [0, 0.1) is 0 Å². The molecule has 12 heteroatoms. The Kier molecular flexibility index (Phi) is 6.68. The van der Waals surface area contributed by atoms with Crippen molar-refractivity contribution in [2.24, 2.45) is 0 Å². The number of rotatable bonds is 7. The Morgan fingerprint density at radius 2 is 1.74 bits per heavy atom. The Balaban J connectivity index is 1.89. The summed E-state index contributed by atoms with van der Waals surface area (Å²) in [6.07, 6.45) is -4.68. The Labute approximate surface area is 177 Å². The molecule has 1 aromatic heterocycles. The van der Waals surface area contributed by atoms with E-state index in [-0.39, 0.29) is 6.54 Å². The van der Waals surface area contributed by atoms with Gasteiger partial charge in [-0.25, -0.2) is 9.36 Å². The predicted octanol–water partition coefficient (Wildman–Crippen LogP) is -0.284. The molecule has 0 unspecified atom stereocenters. The number of benzene rings is 1. The zero-order chi connectivity index (χ0) is 23.0. The number of phosphoric acid groups is 1. The van der Waals surface area contributed by atoms with E-state index < -0.39 is 55.6 Å². The quantitative estimate of drug-likeness (QED) is 0.411. The second-order valence-electron chi connectivity index (χ2n) is 8.01.